The molecule has 0 aromatic heterocycles. The second-order valence-corrected chi connectivity index (χ2v) is 7.99. The molecular weight excluding hydrogens is 398 g/mol. The van der Waals surface area contributed by atoms with E-state index in [1.165, 1.54) is 31.4 Å². The average molecular weight is 419 g/mol. The molecule has 9 nitrogen and oxygen atoms in total. The average Bonchev–Trinajstić information content (AvgIpc) is 3.22. The molecule has 0 aliphatic carbocycles. The highest BCUT2D eigenvalue weighted by Gasteiger charge is 2.23. The summed E-state index contributed by atoms with van der Waals surface area (Å²) in [6.07, 6.45) is 1.00. The van der Waals surface area contributed by atoms with E-state index in [2.05, 4.69) is 10.6 Å². The molecule has 1 aliphatic heterocycles. The first-order chi connectivity index (χ1) is 13.8. The van der Waals surface area contributed by atoms with E-state index in [-0.39, 0.29) is 27.8 Å². The molecule has 0 bridgehead atoms. The normalized spacial score (nSPS) is 16.3. The number of sulfonamides is 1. The van der Waals surface area contributed by atoms with Crippen LogP contribution in [0.2, 0.25) is 0 Å². The van der Waals surface area contributed by atoms with Crippen LogP contribution < -0.4 is 20.5 Å². The van der Waals surface area contributed by atoms with Crippen LogP contribution in [0.5, 0.6) is 5.75 Å². The highest BCUT2D eigenvalue weighted by molar-refractivity contribution is 7.89. The molecule has 2 aromatic rings. The molecule has 0 radical (unpaired) electrons. The SMILES string of the molecule is COc1ccc(S(N)(=O)=O)cc1NC(=O)c1cccc(NC(=O)[C@H]2CCCO2)c1. The van der Waals surface area contributed by atoms with E-state index in [9.17, 15) is 18.0 Å². The number of anilines is 2. The standard InChI is InChI=1S/C19H21N3O6S/c1-27-16-8-7-14(29(20,25)26)11-15(16)22-18(23)12-4-2-5-13(10-12)21-19(24)17-6-3-9-28-17/h2,4-5,7-8,10-11,17H,3,6,9H2,1H3,(H,21,24)(H,22,23)(H2,20,25,26)/t17-/m1/s1. The lowest BCUT2D eigenvalue weighted by molar-refractivity contribution is -0.124. The number of methoxy groups -OCH3 is 1. The van der Waals surface area contributed by atoms with Crippen molar-refractivity contribution in [3.8, 4) is 5.75 Å². The zero-order chi connectivity index (χ0) is 21.0. The van der Waals surface area contributed by atoms with Crippen molar-refractivity contribution in [1.82, 2.24) is 0 Å². The van der Waals surface area contributed by atoms with Gasteiger partial charge in [-0.25, -0.2) is 13.6 Å². The molecule has 1 atom stereocenters. The van der Waals surface area contributed by atoms with Crippen LogP contribution in [-0.2, 0) is 19.6 Å². The van der Waals surface area contributed by atoms with Gasteiger partial charge in [-0.1, -0.05) is 6.07 Å². The topological polar surface area (TPSA) is 137 Å². The summed E-state index contributed by atoms with van der Waals surface area (Å²) in [4.78, 5) is 24.7. The van der Waals surface area contributed by atoms with Gasteiger partial charge in [-0.3, -0.25) is 9.59 Å². The van der Waals surface area contributed by atoms with Gasteiger partial charge in [-0.05, 0) is 49.2 Å². The van der Waals surface area contributed by atoms with Crippen molar-refractivity contribution < 1.29 is 27.5 Å². The lowest BCUT2D eigenvalue weighted by atomic mass is 10.1. The molecule has 1 saturated heterocycles. The van der Waals surface area contributed by atoms with Gasteiger partial charge in [0.15, 0.2) is 0 Å². The molecule has 2 aromatic carbocycles. The number of hydrogen-bond acceptors (Lipinski definition) is 6. The zero-order valence-electron chi connectivity index (χ0n) is 15.7. The Morgan fingerprint density at radius 3 is 2.62 bits per heavy atom. The molecule has 0 saturated carbocycles. The van der Waals surface area contributed by atoms with Gasteiger partial charge in [0, 0.05) is 17.9 Å². The Morgan fingerprint density at radius 2 is 1.97 bits per heavy atom. The fraction of sp³-hybridized carbons (Fsp3) is 0.263. The number of nitrogens with one attached hydrogen (secondary N) is 2. The molecule has 154 valence electrons. The molecule has 0 unspecified atom stereocenters. The summed E-state index contributed by atoms with van der Waals surface area (Å²) >= 11 is 0. The second kappa shape index (κ2) is 8.60. The Labute approximate surface area is 168 Å². The summed E-state index contributed by atoms with van der Waals surface area (Å²) in [6, 6.07) is 10.3. The van der Waals surface area contributed by atoms with Gasteiger partial charge in [0.2, 0.25) is 10.0 Å². The first-order valence-electron chi connectivity index (χ1n) is 8.82. The predicted octanol–water partition coefficient (Wildman–Crippen LogP) is 1.71. The van der Waals surface area contributed by atoms with E-state index in [0.29, 0.717) is 18.7 Å². The number of rotatable bonds is 6. The van der Waals surface area contributed by atoms with Crippen LogP contribution >= 0.6 is 0 Å². The number of hydrogen-bond donors (Lipinski definition) is 3. The van der Waals surface area contributed by atoms with Gasteiger partial charge in [0.1, 0.15) is 11.9 Å². The van der Waals surface area contributed by atoms with E-state index in [4.69, 9.17) is 14.6 Å². The minimum absolute atomic E-state index is 0.151. The monoisotopic (exact) mass is 419 g/mol. The maximum atomic E-state index is 12.7. The minimum atomic E-state index is -3.95. The van der Waals surface area contributed by atoms with Crippen LogP contribution in [-0.4, -0.2) is 40.1 Å². The quantitative estimate of drug-likeness (QED) is 0.652. The Kier molecular flexibility index (Phi) is 6.16. The van der Waals surface area contributed by atoms with Crippen LogP contribution in [0.3, 0.4) is 0 Å². The van der Waals surface area contributed by atoms with Crippen molar-refractivity contribution >= 4 is 33.2 Å². The highest BCUT2D eigenvalue weighted by Crippen LogP contribution is 2.28. The van der Waals surface area contributed by atoms with Gasteiger partial charge in [-0.2, -0.15) is 0 Å². The molecule has 4 N–H and O–H groups in total. The summed E-state index contributed by atoms with van der Waals surface area (Å²) in [6.45, 7) is 0.556. The summed E-state index contributed by atoms with van der Waals surface area (Å²) in [5.74, 6) is -0.501. The van der Waals surface area contributed by atoms with Crippen molar-refractivity contribution in [3.05, 3.63) is 48.0 Å². The van der Waals surface area contributed by atoms with Gasteiger partial charge < -0.3 is 20.1 Å². The molecule has 3 rings (SSSR count). The van der Waals surface area contributed by atoms with Crippen LogP contribution in [0.25, 0.3) is 0 Å². The fourth-order valence-electron chi connectivity index (χ4n) is 2.90. The van der Waals surface area contributed by atoms with Gasteiger partial charge >= 0.3 is 0 Å². The largest absolute Gasteiger partial charge is 0.495 e. The van der Waals surface area contributed by atoms with Gasteiger partial charge in [-0.15, -0.1) is 0 Å². The molecular formula is C19H21N3O6S. The molecule has 1 aliphatic rings. The zero-order valence-corrected chi connectivity index (χ0v) is 16.5. The van der Waals surface area contributed by atoms with E-state index >= 15 is 0 Å². The van der Waals surface area contributed by atoms with Crippen LogP contribution in [0.15, 0.2) is 47.4 Å². The number of ether oxygens (including phenoxy) is 2. The molecule has 10 heteroatoms. The first-order valence-corrected chi connectivity index (χ1v) is 10.4. The molecule has 29 heavy (non-hydrogen) atoms. The van der Waals surface area contributed by atoms with Crippen LogP contribution in [0, 0.1) is 0 Å². The van der Waals surface area contributed by atoms with E-state index in [1.54, 1.807) is 18.2 Å². The van der Waals surface area contributed by atoms with Crippen molar-refractivity contribution in [2.75, 3.05) is 24.4 Å². The maximum absolute atomic E-state index is 12.7. The van der Waals surface area contributed by atoms with Crippen molar-refractivity contribution in [2.24, 2.45) is 5.14 Å². The lowest BCUT2D eigenvalue weighted by Gasteiger charge is -2.13. The number of primary sulfonamides is 1. The molecule has 1 fully saturated rings. The van der Waals surface area contributed by atoms with E-state index in [0.717, 1.165) is 6.42 Å². The van der Waals surface area contributed by atoms with Crippen molar-refractivity contribution in [1.29, 1.82) is 0 Å². The number of carbonyl (C=O) groups excluding carboxylic acids is 2. The summed E-state index contributed by atoms with van der Waals surface area (Å²) in [7, 11) is -2.55. The molecule has 1 heterocycles. The second-order valence-electron chi connectivity index (χ2n) is 6.43. The van der Waals surface area contributed by atoms with Crippen molar-refractivity contribution in [2.45, 2.75) is 23.8 Å². The van der Waals surface area contributed by atoms with Crippen LogP contribution in [0.4, 0.5) is 11.4 Å². The predicted molar refractivity (Wildman–Crippen MR) is 106 cm³/mol. The third-order valence-electron chi connectivity index (χ3n) is 4.36. The molecule has 0 spiro atoms. The van der Waals surface area contributed by atoms with E-state index < -0.39 is 22.0 Å². The Bertz CT molecular complexity index is 1030. The summed E-state index contributed by atoms with van der Waals surface area (Å²) < 4.78 is 33.6. The maximum Gasteiger partial charge on any atom is 0.255 e. The summed E-state index contributed by atoms with van der Waals surface area (Å²) in [5, 5.41) is 10.5. The Hall–Kier alpha value is -2.95. The number of nitrogens with two attached hydrogens (primary N) is 1. The number of benzene rings is 2. The highest BCUT2D eigenvalue weighted by atomic mass is 32.2. The Morgan fingerprint density at radius 1 is 1.17 bits per heavy atom. The van der Waals surface area contributed by atoms with Gasteiger partial charge in [0.25, 0.3) is 11.8 Å². The third-order valence-corrected chi connectivity index (χ3v) is 5.27. The van der Waals surface area contributed by atoms with Gasteiger partial charge in [0.05, 0.1) is 17.7 Å². The minimum Gasteiger partial charge on any atom is -0.495 e. The number of amides is 2. The number of carbonyl (C=O) groups is 2. The smallest absolute Gasteiger partial charge is 0.255 e. The lowest BCUT2D eigenvalue weighted by Crippen LogP contribution is -2.27. The van der Waals surface area contributed by atoms with Crippen molar-refractivity contribution in [3.63, 3.8) is 0 Å². The van der Waals surface area contributed by atoms with Crippen LogP contribution in [0.1, 0.15) is 23.2 Å². The van der Waals surface area contributed by atoms with E-state index in [1.807, 2.05) is 0 Å². The Balaban J connectivity index is 1.78. The summed E-state index contributed by atoms with van der Waals surface area (Å²) in [5.41, 5.74) is 0.861. The molecule has 2 amide bonds. The third kappa shape index (κ3) is 5.11. The fourth-order valence-corrected chi connectivity index (χ4v) is 3.44. The first kappa shape index (κ1) is 20.8.